The Morgan fingerprint density at radius 2 is 1.85 bits per heavy atom. The number of hydrogen-bond donors (Lipinski definition) is 1. The van der Waals surface area contributed by atoms with Crippen molar-refractivity contribution in [2.45, 2.75) is 37.6 Å². The van der Waals surface area contributed by atoms with E-state index in [4.69, 9.17) is 0 Å². The van der Waals surface area contributed by atoms with Crippen molar-refractivity contribution in [3.8, 4) is 5.69 Å². The lowest BCUT2D eigenvalue weighted by Crippen LogP contribution is -2.17. The van der Waals surface area contributed by atoms with E-state index in [0.717, 1.165) is 27.1 Å². The van der Waals surface area contributed by atoms with E-state index in [0.29, 0.717) is 16.7 Å². The van der Waals surface area contributed by atoms with Gasteiger partial charge in [-0.2, -0.15) is 0 Å². The van der Waals surface area contributed by atoms with Gasteiger partial charge in [0.15, 0.2) is 0 Å². The fourth-order valence-corrected chi connectivity index (χ4v) is 4.68. The number of nitrogens with one attached hydrogen (secondary N) is 1. The molecule has 0 aliphatic heterocycles. The first kappa shape index (κ1) is 15.3. The molecule has 27 heavy (non-hydrogen) atoms. The summed E-state index contributed by atoms with van der Waals surface area (Å²) in [6.45, 7) is 0. The van der Waals surface area contributed by atoms with Gasteiger partial charge in [0.05, 0.1) is 16.6 Å². The molecule has 1 N–H and O–H groups in total. The van der Waals surface area contributed by atoms with Crippen molar-refractivity contribution in [3.05, 3.63) is 58.8 Å². The van der Waals surface area contributed by atoms with Gasteiger partial charge in [-0.25, -0.2) is 9.97 Å². The molecule has 0 amide bonds. The number of pyridine rings is 1. The first-order chi connectivity index (χ1) is 13.3. The van der Waals surface area contributed by atoms with Gasteiger partial charge in [-0.1, -0.05) is 12.1 Å². The Hall–Kier alpha value is -2.73. The van der Waals surface area contributed by atoms with Crippen molar-refractivity contribution >= 4 is 37.5 Å². The Bertz CT molecular complexity index is 1230. The summed E-state index contributed by atoms with van der Waals surface area (Å²) in [6.07, 6.45) is 8.40. The molecular formula is C21H18N4OS. The van der Waals surface area contributed by atoms with Gasteiger partial charge >= 0.3 is 0 Å². The number of hydrogen-bond acceptors (Lipinski definition) is 5. The molecule has 3 heterocycles. The summed E-state index contributed by atoms with van der Waals surface area (Å²) in [4.78, 5) is 23.2. The summed E-state index contributed by atoms with van der Waals surface area (Å²) < 4.78 is 2.30. The van der Waals surface area contributed by atoms with Crippen molar-refractivity contribution in [3.63, 3.8) is 0 Å². The molecule has 2 saturated carbocycles. The van der Waals surface area contributed by atoms with Crippen molar-refractivity contribution < 1.29 is 0 Å². The number of aromatic nitrogens is 3. The van der Waals surface area contributed by atoms with Crippen LogP contribution in [0.15, 0.2) is 47.7 Å². The second-order valence-corrected chi connectivity index (χ2v) is 8.52. The third kappa shape index (κ3) is 2.55. The van der Waals surface area contributed by atoms with E-state index in [1.54, 1.807) is 17.1 Å². The highest BCUT2D eigenvalue weighted by molar-refractivity contribution is 7.25. The Kier molecular flexibility index (Phi) is 3.20. The molecule has 0 unspecified atom stereocenters. The maximum Gasteiger partial charge on any atom is 0.275 e. The molecule has 0 radical (unpaired) electrons. The quantitative estimate of drug-likeness (QED) is 0.573. The van der Waals surface area contributed by atoms with Crippen LogP contribution in [0.3, 0.4) is 0 Å². The average Bonchev–Trinajstić information content (AvgIpc) is 3.61. The van der Waals surface area contributed by atoms with E-state index in [1.165, 1.54) is 42.6 Å². The molecule has 6 heteroatoms. The van der Waals surface area contributed by atoms with E-state index >= 15 is 0 Å². The summed E-state index contributed by atoms with van der Waals surface area (Å²) >= 11 is 1.43. The monoisotopic (exact) mass is 374 g/mol. The summed E-state index contributed by atoms with van der Waals surface area (Å²) in [5.74, 6) is 0.711. The largest absolute Gasteiger partial charge is 0.382 e. The summed E-state index contributed by atoms with van der Waals surface area (Å²) in [6, 6.07) is 10.8. The van der Waals surface area contributed by atoms with Crippen LogP contribution in [0.1, 0.15) is 37.2 Å². The predicted octanol–water partition coefficient (Wildman–Crippen LogP) is 4.45. The van der Waals surface area contributed by atoms with Crippen molar-refractivity contribution in [1.82, 2.24) is 14.5 Å². The number of rotatable bonds is 4. The van der Waals surface area contributed by atoms with Gasteiger partial charge in [0.25, 0.3) is 5.56 Å². The van der Waals surface area contributed by atoms with Gasteiger partial charge in [-0.3, -0.25) is 9.36 Å². The van der Waals surface area contributed by atoms with Crippen molar-refractivity contribution in [2.75, 3.05) is 5.32 Å². The normalized spacial score (nSPS) is 16.9. The topological polar surface area (TPSA) is 59.8 Å². The van der Waals surface area contributed by atoms with Gasteiger partial charge in [-0.15, -0.1) is 11.3 Å². The van der Waals surface area contributed by atoms with Gasteiger partial charge < -0.3 is 5.32 Å². The lowest BCUT2D eigenvalue weighted by atomic mass is 10.1. The van der Waals surface area contributed by atoms with Crippen LogP contribution in [0.4, 0.5) is 5.69 Å². The van der Waals surface area contributed by atoms with Crippen LogP contribution in [-0.2, 0) is 0 Å². The van der Waals surface area contributed by atoms with Crippen LogP contribution in [0.2, 0.25) is 0 Å². The van der Waals surface area contributed by atoms with Gasteiger partial charge in [0, 0.05) is 17.9 Å². The van der Waals surface area contributed by atoms with Crippen LogP contribution in [0, 0.1) is 0 Å². The lowest BCUT2D eigenvalue weighted by Gasteiger charge is -2.07. The average molecular weight is 374 g/mol. The number of nitrogens with zero attached hydrogens (tertiary/aromatic N) is 3. The fourth-order valence-electron chi connectivity index (χ4n) is 3.63. The molecule has 2 fully saturated rings. The van der Waals surface area contributed by atoms with Crippen LogP contribution in [0.25, 0.3) is 26.1 Å². The zero-order valence-corrected chi connectivity index (χ0v) is 15.5. The fraction of sp³-hybridized carbons (Fsp3) is 0.286. The van der Waals surface area contributed by atoms with Gasteiger partial charge in [0.2, 0.25) is 0 Å². The van der Waals surface area contributed by atoms with Crippen LogP contribution >= 0.6 is 11.3 Å². The van der Waals surface area contributed by atoms with Crippen LogP contribution in [-0.4, -0.2) is 20.6 Å². The minimum atomic E-state index is -0.0282. The standard InChI is InChI=1S/C21H18N4OS/c26-21-19-18(17-16(24-14-5-6-14)9-10-22-20(17)27-19)23-11-25(21)15-7-3-13(4-8-15)12-1-2-12/h3-4,7-12,14H,1-2,5-6H2,(H,22,24). The van der Waals surface area contributed by atoms with E-state index in [2.05, 4.69) is 27.4 Å². The highest BCUT2D eigenvalue weighted by atomic mass is 32.1. The Labute approximate surface area is 159 Å². The maximum atomic E-state index is 13.2. The molecular weight excluding hydrogens is 356 g/mol. The van der Waals surface area contributed by atoms with E-state index < -0.39 is 0 Å². The molecule has 2 aliphatic rings. The maximum absolute atomic E-state index is 13.2. The molecule has 1 aromatic carbocycles. The predicted molar refractivity (Wildman–Crippen MR) is 109 cm³/mol. The minimum Gasteiger partial charge on any atom is -0.382 e. The highest BCUT2D eigenvalue weighted by Crippen LogP contribution is 2.40. The summed E-state index contributed by atoms with van der Waals surface area (Å²) in [5.41, 5.74) is 3.98. The third-order valence-electron chi connectivity index (χ3n) is 5.44. The van der Waals surface area contributed by atoms with E-state index in [1.807, 2.05) is 18.2 Å². The Morgan fingerprint density at radius 1 is 1.04 bits per heavy atom. The number of fused-ring (bicyclic) bond motifs is 3. The van der Waals surface area contributed by atoms with Gasteiger partial charge in [-0.05, 0) is 55.4 Å². The zero-order chi connectivity index (χ0) is 18.0. The first-order valence-corrected chi connectivity index (χ1v) is 10.3. The molecule has 2 aliphatic carbocycles. The molecule has 0 atom stereocenters. The second-order valence-electron chi connectivity index (χ2n) is 7.52. The second kappa shape index (κ2) is 5.63. The number of anilines is 1. The zero-order valence-electron chi connectivity index (χ0n) is 14.7. The summed E-state index contributed by atoms with van der Waals surface area (Å²) in [5, 5.41) is 4.51. The Morgan fingerprint density at radius 3 is 2.59 bits per heavy atom. The SMILES string of the molecule is O=c1c2sc3nccc(NC4CC4)c3c2ncn1-c1ccc(C2CC2)cc1. The molecule has 0 bridgehead atoms. The molecule has 5 nitrogen and oxygen atoms in total. The van der Waals surface area contributed by atoms with Crippen molar-refractivity contribution in [1.29, 1.82) is 0 Å². The molecule has 134 valence electrons. The molecule has 0 spiro atoms. The number of benzene rings is 1. The minimum absolute atomic E-state index is 0.0282. The van der Waals surface area contributed by atoms with Crippen LogP contribution < -0.4 is 10.9 Å². The molecule has 3 aromatic heterocycles. The lowest BCUT2D eigenvalue weighted by molar-refractivity contribution is 0.964. The van der Waals surface area contributed by atoms with Crippen molar-refractivity contribution in [2.24, 2.45) is 0 Å². The third-order valence-corrected chi connectivity index (χ3v) is 6.51. The smallest absolute Gasteiger partial charge is 0.275 e. The molecule has 4 aromatic rings. The van der Waals surface area contributed by atoms with Gasteiger partial charge in [0.1, 0.15) is 15.9 Å². The van der Waals surface area contributed by atoms with Crippen LogP contribution in [0.5, 0.6) is 0 Å². The van der Waals surface area contributed by atoms with E-state index in [9.17, 15) is 4.79 Å². The summed E-state index contributed by atoms with van der Waals surface area (Å²) in [7, 11) is 0. The van der Waals surface area contributed by atoms with E-state index in [-0.39, 0.29) is 5.56 Å². The Balaban J connectivity index is 1.50. The number of thiophene rings is 1. The molecule has 6 rings (SSSR count). The highest BCUT2D eigenvalue weighted by Gasteiger charge is 2.24. The first-order valence-electron chi connectivity index (χ1n) is 9.44. The molecule has 0 saturated heterocycles.